The van der Waals surface area contributed by atoms with Gasteiger partial charge in [0.05, 0.1) is 0 Å². The van der Waals surface area contributed by atoms with Crippen LogP contribution in [0.5, 0.6) is 0 Å². The monoisotopic (exact) mass is 288 g/mol. The molecule has 9 heteroatoms. The average molecular weight is 291 g/mol. The topological polar surface area (TPSA) is 0 Å². The van der Waals surface area contributed by atoms with Gasteiger partial charge < -0.3 is 18.1 Å². The van der Waals surface area contributed by atoms with Crippen LogP contribution in [-0.2, 0) is 0 Å². The molecular formula is H3CaCl5MgNa2. The Hall–Kier alpha value is 5.48. The van der Waals surface area contributed by atoms with E-state index in [2.05, 4.69) is 0 Å². The van der Waals surface area contributed by atoms with Crippen LogP contribution >= 0.6 is 43.3 Å². The fourth-order valence-electron chi connectivity index (χ4n) is 0. The molecule has 0 atom stereocenters. The van der Waals surface area contributed by atoms with Gasteiger partial charge in [0.1, 0.15) is 0 Å². The molecule has 0 nitrogen and oxygen atoms in total. The summed E-state index contributed by atoms with van der Waals surface area (Å²) in [6, 6.07) is 0. The third kappa shape index (κ3) is 59.2. The molecule has 0 N–H and O–H groups in total. The second kappa shape index (κ2) is 37.5. The summed E-state index contributed by atoms with van der Waals surface area (Å²) < 4.78 is 0. The van der Waals surface area contributed by atoms with Crippen LogP contribution in [0, 0.1) is 0 Å². The molecule has 0 aliphatic heterocycles. The SMILES string of the molecule is Cl.[Cl][Ca][Cl].[Cl][Mg][Cl].[NaH].[NaH]. The average Bonchev–Trinajstić information content (AvgIpc) is 1.39. The van der Waals surface area contributed by atoms with Gasteiger partial charge in [-0.1, -0.05) is 0 Å². The molecule has 9 heavy (non-hydrogen) atoms. The molecule has 0 amide bonds. The molecule has 0 saturated heterocycles. The normalized spacial score (nSPS) is 2.22. The van der Waals surface area contributed by atoms with Crippen LogP contribution in [0.3, 0.4) is 0 Å². The summed E-state index contributed by atoms with van der Waals surface area (Å²) in [4.78, 5) is 0. The van der Waals surface area contributed by atoms with Gasteiger partial charge in [0, 0.05) is 0 Å². The molecule has 0 unspecified atom stereocenters. The predicted molar refractivity (Wildman–Crippen MR) is 56.5 cm³/mol. The molecular weight excluding hydrogens is 288 g/mol. The molecule has 0 aliphatic rings. The summed E-state index contributed by atoms with van der Waals surface area (Å²) in [5.74, 6) is 0. The zero-order valence-corrected chi connectivity index (χ0v) is 10.8. The molecule has 0 aromatic rings. The molecule has 44 valence electrons. The van der Waals surface area contributed by atoms with Crippen LogP contribution in [0.25, 0.3) is 0 Å². The van der Waals surface area contributed by atoms with E-state index in [9.17, 15) is 0 Å². The molecule has 0 saturated carbocycles. The van der Waals surface area contributed by atoms with Crippen LogP contribution in [-0.4, -0.2) is 108 Å². The first-order valence-electron chi connectivity index (χ1n) is 1.07. The van der Waals surface area contributed by atoms with E-state index in [0.717, 1.165) is 0 Å². The quantitative estimate of drug-likeness (QED) is 0.587. The molecule has 0 fully saturated rings. The van der Waals surface area contributed by atoms with E-state index < -0.39 is 49.0 Å². The van der Waals surface area contributed by atoms with Gasteiger partial charge in [-0.15, -0.1) is 12.4 Å². The Kier molecular flexibility index (Phi) is 122. The second-order valence-electron chi connectivity index (χ2n) is 0.202. The Morgan fingerprint density at radius 3 is 1.00 bits per heavy atom. The van der Waals surface area contributed by atoms with Gasteiger partial charge in [-0.05, 0) is 0 Å². The summed E-state index contributed by atoms with van der Waals surface area (Å²) in [7, 11) is 9.81. The van der Waals surface area contributed by atoms with Gasteiger partial charge in [0.15, 0.2) is 0 Å². The first kappa shape index (κ1) is 29.3. The van der Waals surface area contributed by atoms with Crippen LogP contribution in [0.4, 0.5) is 0 Å². The number of halogens is 5. The van der Waals surface area contributed by atoms with E-state index in [-0.39, 0.29) is 71.5 Å². The Balaban J connectivity index is -0.00000000889. The molecule has 0 heterocycles. The summed E-state index contributed by atoms with van der Waals surface area (Å²) in [5, 5.41) is 0. The molecule has 0 spiro atoms. The summed E-state index contributed by atoms with van der Waals surface area (Å²) in [6.45, 7) is 0. The Bertz CT molecular complexity index is 16.9. The maximum absolute atomic E-state index is 4.95. The van der Waals surface area contributed by atoms with E-state index in [1.165, 1.54) is 0 Å². The molecule has 0 radical (unpaired) electrons. The van der Waals surface area contributed by atoms with Crippen molar-refractivity contribution < 1.29 is 0 Å². The van der Waals surface area contributed by atoms with Gasteiger partial charge in [-0.3, -0.25) is 0 Å². The summed E-state index contributed by atoms with van der Waals surface area (Å²) in [6.07, 6.45) is 9.90. The van der Waals surface area contributed by atoms with Crippen molar-refractivity contribution in [3.8, 4) is 0 Å². The van der Waals surface area contributed by atoms with Crippen LogP contribution in [0.2, 0.25) is 0 Å². The van der Waals surface area contributed by atoms with Crippen molar-refractivity contribution in [3.05, 3.63) is 0 Å². The van der Waals surface area contributed by atoms with Gasteiger partial charge in [-0.25, -0.2) is 0 Å². The zero-order valence-electron chi connectivity index (χ0n) is 3.33. The van der Waals surface area contributed by atoms with E-state index in [1.807, 2.05) is 0 Å². The standard InChI is InChI=1S/Ca.5ClH.Mg.2Na.2H/h;5*1H;;;;;/q+2;;;;;;+2;;;;/p-4. The number of rotatable bonds is 0. The third-order valence-electron chi connectivity index (χ3n) is 0. The van der Waals surface area contributed by atoms with Crippen LogP contribution < -0.4 is 0 Å². The first-order chi connectivity index (χ1) is 2.83. The summed E-state index contributed by atoms with van der Waals surface area (Å²) >= 11 is -1.57. The molecule has 0 aromatic carbocycles. The van der Waals surface area contributed by atoms with E-state index >= 15 is 0 Å². The van der Waals surface area contributed by atoms with Crippen molar-refractivity contribution in [2.24, 2.45) is 0 Å². The zero-order chi connectivity index (χ0) is 5.41. The maximum atomic E-state index is 4.95. The van der Waals surface area contributed by atoms with Crippen molar-refractivity contribution in [1.29, 1.82) is 0 Å². The summed E-state index contributed by atoms with van der Waals surface area (Å²) in [5.41, 5.74) is 0. The predicted octanol–water partition coefficient (Wildman–Crippen LogP) is 1.12. The molecule has 0 bridgehead atoms. The van der Waals surface area contributed by atoms with Crippen molar-refractivity contribution in [3.63, 3.8) is 0 Å². The minimum absolute atomic E-state index is 0. The second-order valence-corrected chi connectivity index (χ2v) is 6.48. The van der Waals surface area contributed by atoms with E-state index in [0.29, 0.717) is 0 Å². The molecule has 0 rings (SSSR count). The van der Waals surface area contributed by atoms with Gasteiger partial charge >= 0.3 is 121 Å². The van der Waals surface area contributed by atoms with Gasteiger partial charge in [0.25, 0.3) is 0 Å². The fourth-order valence-corrected chi connectivity index (χ4v) is 0. The van der Waals surface area contributed by atoms with Crippen molar-refractivity contribution >= 4 is 151 Å². The Morgan fingerprint density at radius 1 is 1.00 bits per heavy atom. The van der Waals surface area contributed by atoms with Gasteiger partial charge in [0.2, 0.25) is 0 Å². The van der Waals surface area contributed by atoms with E-state index in [4.69, 9.17) is 30.9 Å². The van der Waals surface area contributed by atoms with Gasteiger partial charge in [-0.2, -0.15) is 0 Å². The van der Waals surface area contributed by atoms with Crippen LogP contribution in [0.15, 0.2) is 0 Å². The number of hydrogen-bond acceptors (Lipinski definition) is 0. The van der Waals surface area contributed by atoms with Crippen molar-refractivity contribution in [2.75, 3.05) is 0 Å². The Morgan fingerprint density at radius 2 is 1.00 bits per heavy atom. The van der Waals surface area contributed by atoms with Crippen LogP contribution in [0.1, 0.15) is 0 Å². The molecule has 0 aromatic heterocycles. The van der Waals surface area contributed by atoms with E-state index in [1.54, 1.807) is 0 Å². The van der Waals surface area contributed by atoms with Crippen molar-refractivity contribution in [2.45, 2.75) is 0 Å². The first-order valence-corrected chi connectivity index (χ1v) is 11.4. The Labute approximate surface area is 147 Å². The van der Waals surface area contributed by atoms with Crippen molar-refractivity contribution in [1.82, 2.24) is 0 Å². The fraction of sp³-hybridized carbons (Fsp3) is 0. The number of hydrogen-bond donors (Lipinski definition) is 0. The molecule has 0 aliphatic carbocycles. The third-order valence-corrected chi connectivity index (χ3v) is 0. The minimum atomic E-state index is -0.931.